The summed E-state index contributed by atoms with van der Waals surface area (Å²) < 4.78 is 0. The van der Waals surface area contributed by atoms with Crippen LogP contribution < -0.4 is 5.43 Å². The van der Waals surface area contributed by atoms with Crippen molar-refractivity contribution in [1.82, 2.24) is 10.4 Å². The number of nitrogens with one attached hydrogen (secondary N) is 1. The SMILES string of the molecule is CC1CCCC(C)N1NC1CCCc2cc(O)ccc21. The largest absolute Gasteiger partial charge is 0.508 e. The summed E-state index contributed by atoms with van der Waals surface area (Å²) in [5.74, 6) is 0.393. The topological polar surface area (TPSA) is 35.5 Å². The van der Waals surface area contributed by atoms with Crippen LogP contribution in [0, 0.1) is 0 Å². The molecule has 0 radical (unpaired) electrons. The summed E-state index contributed by atoms with van der Waals surface area (Å²) >= 11 is 0. The fraction of sp³-hybridized carbons (Fsp3) is 0.647. The van der Waals surface area contributed by atoms with E-state index in [4.69, 9.17) is 0 Å². The molecule has 0 saturated carbocycles. The predicted molar refractivity (Wildman–Crippen MR) is 81.5 cm³/mol. The maximum atomic E-state index is 9.65. The number of hydrazine groups is 1. The standard InChI is InChI=1S/C17H26N2O/c1-12-5-3-6-13(2)19(12)18-17-8-4-7-14-11-15(20)9-10-16(14)17/h9-13,17-18,20H,3-8H2,1-2H3. The van der Waals surface area contributed by atoms with Crippen LogP contribution in [0.5, 0.6) is 5.75 Å². The molecule has 0 bridgehead atoms. The summed E-state index contributed by atoms with van der Waals surface area (Å²) in [5.41, 5.74) is 6.47. The summed E-state index contributed by atoms with van der Waals surface area (Å²) in [6.07, 6.45) is 7.39. The first-order chi connectivity index (χ1) is 9.65. The molecule has 3 rings (SSSR count). The third-order valence-corrected chi connectivity index (χ3v) is 4.94. The Morgan fingerprint density at radius 1 is 1.10 bits per heavy atom. The highest BCUT2D eigenvalue weighted by Crippen LogP contribution is 2.33. The average Bonchev–Trinajstić information content (AvgIpc) is 2.42. The lowest BCUT2D eigenvalue weighted by Gasteiger charge is -2.42. The Morgan fingerprint density at radius 2 is 1.85 bits per heavy atom. The van der Waals surface area contributed by atoms with E-state index in [1.54, 1.807) is 0 Å². The number of hydrogen-bond acceptors (Lipinski definition) is 3. The zero-order valence-corrected chi connectivity index (χ0v) is 12.6. The number of aryl methyl sites for hydroxylation is 1. The summed E-state index contributed by atoms with van der Waals surface area (Å²) in [5, 5.41) is 12.1. The van der Waals surface area contributed by atoms with Crippen molar-refractivity contribution in [2.45, 2.75) is 70.5 Å². The molecule has 1 saturated heterocycles. The van der Waals surface area contributed by atoms with Gasteiger partial charge in [0.1, 0.15) is 5.75 Å². The first kappa shape index (κ1) is 13.9. The van der Waals surface area contributed by atoms with Crippen LogP contribution >= 0.6 is 0 Å². The molecule has 0 spiro atoms. The molecule has 1 fully saturated rings. The number of phenolic OH excluding ortho intramolecular Hbond substituents is 1. The van der Waals surface area contributed by atoms with Crippen LogP contribution in [0.3, 0.4) is 0 Å². The molecule has 0 aromatic heterocycles. The van der Waals surface area contributed by atoms with E-state index < -0.39 is 0 Å². The van der Waals surface area contributed by atoms with Gasteiger partial charge in [0, 0.05) is 18.1 Å². The van der Waals surface area contributed by atoms with Gasteiger partial charge in [-0.25, -0.2) is 10.4 Å². The first-order valence-corrected chi connectivity index (χ1v) is 8.01. The molecule has 20 heavy (non-hydrogen) atoms. The van der Waals surface area contributed by atoms with Gasteiger partial charge in [-0.1, -0.05) is 12.5 Å². The second kappa shape index (κ2) is 5.74. The van der Waals surface area contributed by atoms with Gasteiger partial charge in [0.25, 0.3) is 0 Å². The molecule has 0 amide bonds. The number of benzene rings is 1. The Labute approximate surface area is 122 Å². The number of aromatic hydroxyl groups is 1. The van der Waals surface area contributed by atoms with Gasteiger partial charge in [0.2, 0.25) is 0 Å². The first-order valence-electron chi connectivity index (χ1n) is 8.01. The molecule has 3 unspecified atom stereocenters. The Morgan fingerprint density at radius 3 is 2.60 bits per heavy atom. The van der Waals surface area contributed by atoms with E-state index in [9.17, 15) is 5.11 Å². The van der Waals surface area contributed by atoms with E-state index in [1.807, 2.05) is 12.1 Å². The van der Waals surface area contributed by atoms with Crippen LogP contribution in [0.25, 0.3) is 0 Å². The van der Waals surface area contributed by atoms with Gasteiger partial charge in [-0.3, -0.25) is 0 Å². The maximum absolute atomic E-state index is 9.65. The molecule has 3 atom stereocenters. The van der Waals surface area contributed by atoms with Gasteiger partial charge >= 0.3 is 0 Å². The second-order valence-electron chi connectivity index (χ2n) is 6.49. The molecule has 3 nitrogen and oxygen atoms in total. The third-order valence-electron chi connectivity index (χ3n) is 4.94. The summed E-state index contributed by atoms with van der Waals surface area (Å²) in [6, 6.07) is 7.49. The fourth-order valence-electron chi connectivity index (χ4n) is 3.79. The van der Waals surface area contributed by atoms with Crippen molar-refractivity contribution in [2.75, 3.05) is 0 Å². The molecule has 3 heteroatoms. The zero-order chi connectivity index (χ0) is 14.1. The Balaban J connectivity index is 1.79. The van der Waals surface area contributed by atoms with Crippen LogP contribution in [0.4, 0.5) is 0 Å². The Kier molecular flexibility index (Phi) is 3.99. The van der Waals surface area contributed by atoms with Crippen molar-refractivity contribution in [1.29, 1.82) is 0 Å². The number of fused-ring (bicyclic) bond motifs is 1. The number of rotatable bonds is 2. The minimum absolute atomic E-state index is 0.393. The van der Waals surface area contributed by atoms with Gasteiger partial charge in [-0.05, 0) is 69.2 Å². The van der Waals surface area contributed by atoms with E-state index in [2.05, 4.69) is 30.3 Å². The van der Waals surface area contributed by atoms with Crippen LogP contribution in [0.1, 0.15) is 63.1 Å². The molecular formula is C17H26N2O. The molecule has 1 aliphatic carbocycles. The quantitative estimate of drug-likeness (QED) is 0.866. The van der Waals surface area contributed by atoms with Crippen molar-refractivity contribution in [3.8, 4) is 5.75 Å². The Bertz CT molecular complexity index is 464. The predicted octanol–water partition coefficient (Wildman–Crippen LogP) is 3.54. The highest BCUT2D eigenvalue weighted by atomic mass is 16.3. The van der Waals surface area contributed by atoms with Crippen LogP contribution in [-0.2, 0) is 6.42 Å². The number of piperidine rings is 1. The smallest absolute Gasteiger partial charge is 0.115 e. The minimum atomic E-state index is 0.393. The highest BCUT2D eigenvalue weighted by molar-refractivity contribution is 5.38. The van der Waals surface area contributed by atoms with Gasteiger partial charge in [-0.2, -0.15) is 0 Å². The number of phenols is 1. The number of nitrogens with zero attached hydrogens (tertiary/aromatic N) is 1. The summed E-state index contributed by atoms with van der Waals surface area (Å²) in [4.78, 5) is 0. The maximum Gasteiger partial charge on any atom is 0.115 e. The van der Waals surface area contributed by atoms with Gasteiger partial charge < -0.3 is 5.11 Å². The Hall–Kier alpha value is -1.06. The second-order valence-corrected chi connectivity index (χ2v) is 6.49. The van der Waals surface area contributed by atoms with Gasteiger partial charge in [0.15, 0.2) is 0 Å². The van der Waals surface area contributed by atoms with E-state index in [1.165, 1.54) is 43.2 Å². The molecule has 1 aromatic carbocycles. The third kappa shape index (κ3) is 2.70. The molecule has 1 aliphatic heterocycles. The normalized spacial score (nSPS) is 31.0. The molecule has 1 aromatic rings. The van der Waals surface area contributed by atoms with Crippen LogP contribution in [0.2, 0.25) is 0 Å². The van der Waals surface area contributed by atoms with E-state index in [-0.39, 0.29) is 0 Å². The summed E-state index contributed by atoms with van der Waals surface area (Å²) in [6.45, 7) is 4.65. The fourth-order valence-corrected chi connectivity index (χ4v) is 3.79. The molecule has 2 aliphatic rings. The lowest BCUT2D eigenvalue weighted by molar-refractivity contribution is 0.0261. The van der Waals surface area contributed by atoms with Crippen molar-refractivity contribution in [3.63, 3.8) is 0 Å². The van der Waals surface area contributed by atoms with Crippen LogP contribution in [-0.4, -0.2) is 22.2 Å². The van der Waals surface area contributed by atoms with E-state index in [0.29, 0.717) is 23.9 Å². The van der Waals surface area contributed by atoms with Crippen molar-refractivity contribution in [2.24, 2.45) is 0 Å². The lowest BCUT2D eigenvalue weighted by Crippen LogP contribution is -2.53. The zero-order valence-electron chi connectivity index (χ0n) is 12.6. The van der Waals surface area contributed by atoms with Crippen molar-refractivity contribution >= 4 is 0 Å². The van der Waals surface area contributed by atoms with E-state index >= 15 is 0 Å². The lowest BCUT2D eigenvalue weighted by atomic mass is 9.87. The highest BCUT2D eigenvalue weighted by Gasteiger charge is 2.29. The molecule has 110 valence electrons. The van der Waals surface area contributed by atoms with Crippen molar-refractivity contribution in [3.05, 3.63) is 29.3 Å². The average molecular weight is 274 g/mol. The molecule has 2 N–H and O–H groups in total. The van der Waals surface area contributed by atoms with Gasteiger partial charge in [-0.15, -0.1) is 0 Å². The van der Waals surface area contributed by atoms with Gasteiger partial charge in [0.05, 0.1) is 0 Å². The summed E-state index contributed by atoms with van der Waals surface area (Å²) in [7, 11) is 0. The number of hydrogen-bond donors (Lipinski definition) is 2. The molecule has 1 heterocycles. The van der Waals surface area contributed by atoms with Crippen LogP contribution in [0.15, 0.2) is 18.2 Å². The van der Waals surface area contributed by atoms with Crippen molar-refractivity contribution < 1.29 is 5.11 Å². The molecular weight excluding hydrogens is 248 g/mol. The minimum Gasteiger partial charge on any atom is -0.508 e. The monoisotopic (exact) mass is 274 g/mol. The van der Waals surface area contributed by atoms with E-state index in [0.717, 1.165) is 6.42 Å².